The van der Waals surface area contributed by atoms with Crippen LogP contribution >= 0.6 is 22.9 Å². The molecule has 0 amide bonds. The van der Waals surface area contributed by atoms with Crippen LogP contribution in [0.4, 0.5) is 0 Å². The van der Waals surface area contributed by atoms with Crippen molar-refractivity contribution in [3.05, 3.63) is 93.8 Å². The maximum Gasteiger partial charge on any atom is 0.260 e. The van der Waals surface area contributed by atoms with E-state index in [2.05, 4.69) is 16.5 Å². The summed E-state index contributed by atoms with van der Waals surface area (Å²) in [7, 11) is 0. The number of thiophene rings is 1. The lowest BCUT2D eigenvalue weighted by Crippen LogP contribution is -2.36. The highest BCUT2D eigenvalue weighted by molar-refractivity contribution is 7.17. The van der Waals surface area contributed by atoms with Crippen LogP contribution in [-0.2, 0) is 6.54 Å². The Morgan fingerprint density at radius 2 is 2.06 bits per heavy atom. The number of aliphatic hydroxyl groups excluding tert-OH is 1. The monoisotopic (exact) mass is 481 g/mol. The van der Waals surface area contributed by atoms with E-state index in [4.69, 9.17) is 16.3 Å². The Morgan fingerprint density at radius 3 is 2.82 bits per heavy atom. The first kappa shape index (κ1) is 23.2. The van der Waals surface area contributed by atoms with Crippen molar-refractivity contribution < 1.29 is 9.84 Å². The van der Waals surface area contributed by atoms with Crippen molar-refractivity contribution in [2.75, 3.05) is 19.7 Å². The van der Waals surface area contributed by atoms with E-state index in [1.165, 1.54) is 11.3 Å². The van der Waals surface area contributed by atoms with Gasteiger partial charge in [0, 0.05) is 29.1 Å². The van der Waals surface area contributed by atoms with Gasteiger partial charge in [-0.2, -0.15) is 0 Å². The Hall–Kier alpha value is -2.97. The SMILES string of the molecule is C=CCN(Cc1nc2scc(-c3cccc(Cl)c3)c2c(=O)[nH]1)CC(O)COc1ccccc1. The van der Waals surface area contributed by atoms with Crippen LogP contribution < -0.4 is 10.3 Å². The van der Waals surface area contributed by atoms with Crippen molar-refractivity contribution in [3.63, 3.8) is 0 Å². The lowest BCUT2D eigenvalue weighted by Gasteiger charge is -2.23. The Morgan fingerprint density at radius 1 is 1.24 bits per heavy atom. The second-order valence-electron chi connectivity index (χ2n) is 7.61. The van der Waals surface area contributed by atoms with Gasteiger partial charge in [0.25, 0.3) is 5.56 Å². The van der Waals surface area contributed by atoms with E-state index in [-0.39, 0.29) is 12.2 Å². The largest absolute Gasteiger partial charge is 0.491 e. The maximum atomic E-state index is 12.9. The molecule has 0 aliphatic heterocycles. The van der Waals surface area contributed by atoms with Gasteiger partial charge in [-0.05, 0) is 29.8 Å². The molecule has 4 rings (SSSR count). The minimum absolute atomic E-state index is 0.161. The molecular weight excluding hydrogens is 458 g/mol. The summed E-state index contributed by atoms with van der Waals surface area (Å²) in [4.78, 5) is 23.1. The third-order valence-electron chi connectivity index (χ3n) is 5.04. The van der Waals surface area contributed by atoms with E-state index in [1.807, 2.05) is 58.8 Å². The van der Waals surface area contributed by atoms with Gasteiger partial charge in [-0.3, -0.25) is 9.69 Å². The number of H-pyrrole nitrogens is 1. The molecule has 1 unspecified atom stereocenters. The number of aromatic nitrogens is 2. The molecule has 0 aliphatic carbocycles. The number of hydrogen-bond acceptors (Lipinski definition) is 6. The van der Waals surface area contributed by atoms with Crippen LogP contribution in [0.25, 0.3) is 21.3 Å². The third-order valence-corrected chi connectivity index (χ3v) is 6.15. The number of para-hydroxylation sites is 1. The van der Waals surface area contributed by atoms with Gasteiger partial charge in [-0.1, -0.05) is 48.0 Å². The molecule has 2 heterocycles. The summed E-state index contributed by atoms with van der Waals surface area (Å²) in [6, 6.07) is 16.8. The first-order valence-electron chi connectivity index (χ1n) is 10.5. The fourth-order valence-corrected chi connectivity index (χ4v) is 4.75. The zero-order valence-corrected chi connectivity index (χ0v) is 19.5. The van der Waals surface area contributed by atoms with Gasteiger partial charge < -0.3 is 14.8 Å². The summed E-state index contributed by atoms with van der Waals surface area (Å²) < 4.78 is 5.64. The molecule has 2 aromatic heterocycles. The summed E-state index contributed by atoms with van der Waals surface area (Å²) in [5.74, 6) is 1.24. The van der Waals surface area contributed by atoms with Crippen molar-refractivity contribution in [1.29, 1.82) is 0 Å². The Labute approximate surface area is 200 Å². The summed E-state index contributed by atoms with van der Waals surface area (Å²) in [5, 5.41) is 13.6. The molecule has 0 fully saturated rings. The van der Waals surface area contributed by atoms with Gasteiger partial charge in [-0.15, -0.1) is 17.9 Å². The minimum Gasteiger partial charge on any atom is -0.491 e. The average Bonchev–Trinajstić information content (AvgIpc) is 3.23. The number of hydrogen-bond donors (Lipinski definition) is 2. The number of halogens is 1. The number of benzene rings is 2. The van der Waals surface area contributed by atoms with Gasteiger partial charge in [0.2, 0.25) is 0 Å². The number of ether oxygens (including phenoxy) is 1. The second kappa shape index (κ2) is 10.8. The van der Waals surface area contributed by atoms with Crippen LogP contribution in [0.5, 0.6) is 5.75 Å². The normalized spacial score (nSPS) is 12.2. The number of fused-ring (bicyclic) bond motifs is 1. The zero-order chi connectivity index (χ0) is 23.2. The topological polar surface area (TPSA) is 78.5 Å². The number of nitrogens with one attached hydrogen (secondary N) is 1. The summed E-state index contributed by atoms with van der Waals surface area (Å²) in [5.41, 5.74) is 1.50. The molecule has 0 saturated heterocycles. The molecule has 2 aromatic carbocycles. The van der Waals surface area contributed by atoms with E-state index < -0.39 is 6.10 Å². The molecule has 4 aromatic rings. The fraction of sp³-hybridized carbons (Fsp3) is 0.200. The molecule has 170 valence electrons. The highest BCUT2D eigenvalue weighted by atomic mass is 35.5. The maximum absolute atomic E-state index is 12.9. The van der Waals surface area contributed by atoms with Crippen LogP contribution in [0.15, 0.2) is 77.4 Å². The Bertz CT molecular complexity index is 1290. The predicted molar refractivity (Wildman–Crippen MR) is 134 cm³/mol. The van der Waals surface area contributed by atoms with Crippen molar-refractivity contribution in [1.82, 2.24) is 14.9 Å². The molecule has 0 aliphatic rings. The number of aromatic amines is 1. The predicted octanol–water partition coefficient (Wildman–Crippen LogP) is 4.73. The zero-order valence-electron chi connectivity index (χ0n) is 17.9. The molecule has 1 atom stereocenters. The fourth-order valence-electron chi connectivity index (χ4n) is 3.59. The van der Waals surface area contributed by atoms with E-state index in [1.54, 1.807) is 12.1 Å². The van der Waals surface area contributed by atoms with Gasteiger partial charge in [-0.25, -0.2) is 4.98 Å². The smallest absolute Gasteiger partial charge is 0.260 e. The number of nitrogens with zero attached hydrogens (tertiary/aromatic N) is 2. The second-order valence-corrected chi connectivity index (χ2v) is 8.91. The lowest BCUT2D eigenvalue weighted by atomic mass is 10.1. The molecule has 33 heavy (non-hydrogen) atoms. The molecule has 0 saturated carbocycles. The molecule has 0 spiro atoms. The molecule has 2 N–H and O–H groups in total. The highest BCUT2D eigenvalue weighted by Crippen LogP contribution is 2.32. The van der Waals surface area contributed by atoms with Crippen LogP contribution in [0.1, 0.15) is 5.82 Å². The summed E-state index contributed by atoms with van der Waals surface area (Å²) in [6.45, 7) is 5.20. The molecular formula is C25H24ClN3O3S. The summed E-state index contributed by atoms with van der Waals surface area (Å²) in [6.07, 6.45) is 1.04. The quantitative estimate of drug-likeness (QED) is 0.320. The first-order chi connectivity index (χ1) is 16.0. The van der Waals surface area contributed by atoms with Gasteiger partial charge in [0.05, 0.1) is 11.9 Å². The van der Waals surface area contributed by atoms with Crippen molar-refractivity contribution in [3.8, 4) is 16.9 Å². The van der Waals surface area contributed by atoms with Gasteiger partial charge in [0.15, 0.2) is 0 Å². The van der Waals surface area contributed by atoms with Crippen LogP contribution in [0, 0.1) is 0 Å². The average molecular weight is 482 g/mol. The number of aliphatic hydroxyl groups is 1. The lowest BCUT2D eigenvalue weighted by molar-refractivity contribution is 0.0689. The molecule has 6 nitrogen and oxygen atoms in total. The van der Waals surface area contributed by atoms with Crippen molar-refractivity contribution >= 4 is 33.2 Å². The van der Waals surface area contributed by atoms with Crippen LogP contribution in [0.3, 0.4) is 0 Å². The van der Waals surface area contributed by atoms with Gasteiger partial charge in [0.1, 0.15) is 29.1 Å². The van der Waals surface area contributed by atoms with Crippen LogP contribution in [0.2, 0.25) is 5.02 Å². The van der Waals surface area contributed by atoms with E-state index >= 15 is 0 Å². The Balaban J connectivity index is 1.49. The van der Waals surface area contributed by atoms with Crippen molar-refractivity contribution in [2.24, 2.45) is 0 Å². The van der Waals surface area contributed by atoms with E-state index in [0.717, 1.165) is 11.1 Å². The van der Waals surface area contributed by atoms with Crippen molar-refractivity contribution in [2.45, 2.75) is 12.6 Å². The highest BCUT2D eigenvalue weighted by Gasteiger charge is 2.17. The first-order valence-corrected chi connectivity index (χ1v) is 11.7. The van der Waals surface area contributed by atoms with E-state index in [0.29, 0.717) is 46.4 Å². The standard InChI is InChI=1S/C25H24ClN3O3S/c1-2-11-29(13-19(30)15-32-20-9-4-3-5-10-20)14-22-27-24(31)23-21(16-33-25(23)28-22)17-7-6-8-18(26)12-17/h2-10,12,16,19,30H,1,11,13-15H2,(H,27,28,31). The molecule has 0 radical (unpaired) electrons. The minimum atomic E-state index is -0.711. The molecule has 8 heteroatoms. The summed E-state index contributed by atoms with van der Waals surface area (Å²) >= 11 is 7.54. The Kier molecular flexibility index (Phi) is 7.57. The number of rotatable bonds is 10. The van der Waals surface area contributed by atoms with Crippen LogP contribution in [-0.4, -0.2) is 45.8 Å². The van der Waals surface area contributed by atoms with E-state index in [9.17, 15) is 9.90 Å². The molecule has 0 bridgehead atoms. The van der Waals surface area contributed by atoms with Gasteiger partial charge >= 0.3 is 0 Å². The third kappa shape index (κ3) is 5.89.